The quantitative estimate of drug-likeness (QED) is 0.464. The fraction of sp³-hybridized carbons (Fsp3) is 1.00. The van der Waals surface area contributed by atoms with E-state index in [2.05, 4.69) is 15.4 Å². The van der Waals surface area contributed by atoms with Crippen LogP contribution in [0.5, 0.6) is 0 Å². The Morgan fingerprint density at radius 3 is 1.80 bits per heavy atom. The van der Waals surface area contributed by atoms with Gasteiger partial charge in [0.05, 0.1) is 0 Å². The highest BCUT2D eigenvalue weighted by atomic mass is 28.4. The molecule has 0 bridgehead atoms. The normalized spacial score (nSPS) is 12.0. The van der Waals surface area contributed by atoms with E-state index >= 15 is 0 Å². The fourth-order valence-corrected chi connectivity index (χ4v) is 4.18. The molecule has 0 saturated carbocycles. The van der Waals surface area contributed by atoms with Crippen LogP contribution in [0.4, 0.5) is 0 Å². The first-order valence-electron chi connectivity index (χ1n) is 5.56. The van der Waals surface area contributed by atoms with Crippen molar-refractivity contribution < 1.29 is 13.3 Å². The fourth-order valence-electron chi connectivity index (χ4n) is 1.39. The molecule has 6 heteroatoms. The highest BCUT2D eigenvalue weighted by molar-refractivity contribution is 6.60. The average Bonchev–Trinajstić information content (AvgIpc) is 2.19. The molecule has 0 unspecified atom stereocenters. The van der Waals surface area contributed by atoms with Gasteiger partial charge in [-0.2, -0.15) is 0 Å². The van der Waals surface area contributed by atoms with Gasteiger partial charge in [-0.1, -0.05) is 0 Å². The zero-order valence-electron chi connectivity index (χ0n) is 9.97. The monoisotopic (exact) mass is 248 g/mol. The summed E-state index contributed by atoms with van der Waals surface area (Å²) in [5.74, 6) is 0. The van der Waals surface area contributed by atoms with Crippen molar-refractivity contribution in [3.63, 3.8) is 0 Å². The summed E-state index contributed by atoms with van der Waals surface area (Å²) in [7, 11) is 0.828. The van der Waals surface area contributed by atoms with Crippen LogP contribution in [0, 0.1) is 0 Å². The molecule has 1 N–H and O–H groups in total. The second-order valence-electron chi connectivity index (χ2n) is 3.01. The molecule has 0 aromatic carbocycles. The highest BCUT2D eigenvalue weighted by Gasteiger charge is 2.39. The van der Waals surface area contributed by atoms with Crippen LogP contribution in [0.2, 0.25) is 6.04 Å². The Morgan fingerprint density at radius 1 is 1.00 bits per heavy atom. The Kier molecular flexibility index (Phi) is 9.67. The van der Waals surface area contributed by atoms with Crippen LogP contribution in [0.1, 0.15) is 27.2 Å². The minimum Gasteiger partial charge on any atom is -0.374 e. The number of rotatable bonds is 10. The van der Waals surface area contributed by atoms with E-state index in [0.29, 0.717) is 19.8 Å². The lowest BCUT2D eigenvalue weighted by atomic mass is 10.5. The second-order valence-corrected chi connectivity index (χ2v) is 6.10. The summed E-state index contributed by atoms with van der Waals surface area (Å²) >= 11 is 0. The molecule has 0 fully saturated rings. The third kappa shape index (κ3) is 6.44. The van der Waals surface area contributed by atoms with E-state index in [1.54, 1.807) is 0 Å². The molecule has 0 aromatic heterocycles. The first-order chi connectivity index (χ1) is 7.24. The largest absolute Gasteiger partial charge is 0.500 e. The van der Waals surface area contributed by atoms with E-state index < -0.39 is 8.80 Å². The molecule has 0 aliphatic rings. The van der Waals surface area contributed by atoms with Crippen molar-refractivity contribution in [2.24, 2.45) is 0 Å². The summed E-state index contributed by atoms with van der Waals surface area (Å²) in [5, 5.41) is 0. The van der Waals surface area contributed by atoms with E-state index in [-0.39, 0.29) is 0 Å². The van der Waals surface area contributed by atoms with Crippen molar-refractivity contribution >= 4 is 19.2 Å². The molecule has 0 spiro atoms. The van der Waals surface area contributed by atoms with Gasteiger partial charge in [-0.25, -0.2) is 0 Å². The lowest BCUT2D eigenvalue weighted by Gasteiger charge is -2.28. The predicted molar refractivity (Wildman–Crippen MR) is 63.8 cm³/mol. The van der Waals surface area contributed by atoms with Crippen LogP contribution >= 0.6 is 0 Å². The molecule has 0 rings (SSSR count). The van der Waals surface area contributed by atoms with Crippen LogP contribution in [-0.4, -0.2) is 45.6 Å². The standard InChI is InChI=1S/C9H22NO3Si2/c1-4-11-15(12-5-2,13-6-3)9-7-8-10-14/h10H,4-9H2,1-3H3. The molecule has 0 aromatic rings. The maximum atomic E-state index is 5.71. The first kappa shape index (κ1) is 15.3. The van der Waals surface area contributed by atoms with Gasteiger partial charge >= 0.3 is 8.80 Å². The number of hydrogen-bond donors (Lipinski definition) is 1. The molecule has 3 radical (unpaired) electrons. The molecule has 15 heavy (non-hydrogen) atoms. The van der Waals surface area contributed by atoms with E-state index in [0.717, 1.165) is 19.0 Å². The minimum atomic E-state index is -2.39. The lowest BCUT2D eigenvalue weighted by molar-refractivity contribution is 0.0709. The Labute approximate surface area is 97.6 Å². The highest BCUT2D eigenvalue weighted by Crippen LogP contribution is 2.17. The topological polar surface area (TPSA) is 39.7 Å². The molecular weight excluding hydrogens is 226 g/mol. The van der Waals surface area contributed by atoms with Gasteiger partial charge in [-0.05, 0) is 33.7 Å². The maximum Gasteiger partial charge on any atom is 0.500 e. The Bertz CT molecular complexity index is 132. The van der Waals surface area contributed by atoms with Crippen LogP contribution < -0.4 is 4.98 Å². The Hall–Kier alpha value is 0.274. The van der Waals surface area contributed by atoms with Crippen molar-refractivity contribution in [2.45, 2.75) is 33.2 Å². The third-order valence-electron chi connectivity index (χ3n) is 1.88. The van der Waals surface area contributed by atoms with Crippen LogP contribution in [0.3, 0.4) is 0 Å². The summed E-state index contributed by atoms with van der Waals surface area (Å²) in [6, 6.07) is 0.861. The van der Waals surface area contributed by atoms with Crippen molar-refractivity contribution in [1.29, 1.82) is 0 Å². The smallest absolute Gasteiger partial charge is 0.374 e. The molecule has 0 saturated heterocycles. The van der Waals surface area contributed by atoms with E-state index in [1.165, 1.54) is 0 Å². The van der Waals surface area contributed by atoms with Gasteiger partial charge in [0.2, 0.25) is 0 Å². The molecule has 0 heterocycles. The van der Waals surface area contributed by atoms with Crippen LogP contribution in [0.25, 0.3) is 0 Å². The summed E-state index contributed by atoms with van der Waals surface area (Å²) in [4.78, 5) is 2.93. The average molecular weight is 248 g/mol. The SMILES string of the molecule is CCO[Si](CCCN[Si])(OCC)OCC. The molecule has 89 valence electrons. The third-order valence-corrected chi connectivity index (χ3v) is 5.28. The van der Waals surface area contributed by atoms with Crippen LogP contribution in [-0.2, 0) is 13.3 Å². The lowest BCUT2D eigenvalue weighted by Crippen LogP contribution is -2.46. The molecule has 0 aliphatic heterocycles. The predicted octanol–water partition coefficient (Wildman–Crippen LogP) is 1.10. The van der Waals surface area contributed by atoms with Crippen molar-refractivity contribution in [3.05, 3.63) is 0 Å². The summed E-state index contributed by atoms with van der Waals surface area (Å²) in [6.07, 6.45) is 0.982. The first-order valence-corrected chi connectivity index (χ1v) is 7.99. The van der Waals surface area contributed by atoms with Crippen molar-refractivity contribution in [2.75, 3.05) is 26.4 Å². The zero-order valence-corrected chi connectivity index (χ0v) is 12.0. The van der Waals surface area contributed by atoms with Gasteiger partial charge in [-0.15, -0.1) is 0 Å². The molecular formula is C9H22NO3Si2. The van der Waals surface area contributed by atoms with Crippen molar-refractivity contribution in [3.8, 4) is 0 Å². The zero-order chi connectivity index (χ0) is 11.6. The molecule has 4 nitrogen and oxygen atoms in total. The number of nitrogens with one attached hydrogen (secondary N) is 1. The van der Waals surface area contributed by atoms with Gasteiger partial charge in [-0.3, -0.25) is 0 Å². The van der Waals surface area contributed by atoms with Gasteiger partial charge in [0, 0.05) is 25.9 Å². The Balaban J connectivity index is 4.18. The van der Waals surface area contributed by atoms with Crippen LogP contribution in [0.15, 0.2) is 0 Å². The van der Waals surface area contributed by atoms with Gasteiger partial charge < -0.3 is 18.3 Å². The van der Waals surface area contributed by atoms with Crippen molar-refractivity contribution in [1.82, 2.24) is 4.98 Å². The van der Waals surface area contributed by atoms with E-state index in [1.807, 2.05) is 20.8 Å². The van der Waals surface area contributed by atoms with Gasteiger partial charge in [0.25, 0.3) is 0 Å². The molecule has 0 amide bonds. The maximum absolute atomic E-state index is 5.71. The summed E-state index contributed by atoms with van der Waals surface area (Å²) in [5.41, 5.74) is 0. The van der Waals surface area contributed by atoms with Gasteiger partial charge in [0.1, 0.15) is 10.4 Å². The van der Waals surface area contributed by atoms with E-state index in [9.17, 15) is 0 Å². The molecule has 0 atom stereocenters. The Morgan fingerprint density at radius 2 is 1.47 bits per heavy atom. The summed E-state index contributed by atoms with van der Waals surface area (Å²) < 4.78 is 17.1. The van der Waals surface area contributed by atoms with E-state index in [4.69, 9.17) is 13.3 Å². The van der Waals surface area contributed by atoms with Gasteiger partial charge in [0.15, 0.2) is 0 Å². The minimum absolute atomic E-state index is 0.646. The summed E-state index contributed by atoms with van der Waals surface area (Å²) in [6.45, 7) is 8.75. The number of hydrogen-bond acceptors (Lipinski definition) is 4. The molecule has 0 aliphatic carbocycles. The second kappa shape index (κ2) is 9.50.